The van der Waals surface area contributed by atoms with E-state index in [9.17, 15) is 4.79 Å². The third-order valence-corrected chi connectivity index (χ3v) is 3.97. The molecule has 1 N–H and O–H groups in total. The molecule has 1 aliphatic rings. The van der Waals surface area contributed by atoms with Crippen LogP contribution in [-0.4, -0.2) is 55.0 Å². The predicted molar refractivity (Wildman–Crippen MR) is 86.0 cm³/mol. The third kappa shape index (κ3) is 5.48. The second-order valence-electron chi connectivity index (χ2n) is 6.05. The lowest BCUT2D eigenvalue weighted by Gasteiger charge is -2.34. The number of nitrogens with one attached hydrogen (secondary N) is 1. The average molecular weight is 289 g/mol. The second-order valence-corrected chi connectivity index (χ2v) is 6.05. The molecule has 0 aliphatic carbocycles. The molecular weight excluding hydrogens is 262 g/mol. The number of hydrogen-bond donors (Lipinski definition) is 1. The number of piperazine rings is 1. The summed E-state index contributed by atoms with van der Waals surface area (Å²) < 4.78 is 0. The highest BCUT2D eigenvalue weighted by atomic mass is 16.1. The maximum Gasteiger partial charge on any atom is 0.222 e. The normalized spacial score (nSPS) is 17.1. The van der Waals surface area contributed by atoms with Crippen LogP contribution in [0.3, 0.4) is 0 Å². The lowest BCUT2D eigenvalue weighted by atomic mass is 10.2. The smallest absolute Gasteiger partial charge is 0.222 e. The molecule has 1 saturated heterocycles. The van der Waals surface area contributed by atoms with E-state index in [1.54, 1.807) is 0 Å². The highest BCUT2D eigenvalue weighted by molar-refractivity contribution is 5.77. The van der Waals surface area contributed by atoms with Crippen LogP contribution in [0.5, 0.6) is 0 Å². The van der Waals surface area contributed by atoms with Crippen molar-refractivity contribution in [2.45, 2.75) is 20.4 Å². The SMILES string of the molecule is CC(C)C(=O)NCCN1CCN(Cc2ccccc2)CC1. The van der Waals surface area contributed by atoms with Gasteiger partial charge in [0.1, 0.15) is 0 Å². The molecule has 4 nitrogen and oxygen atoms in total. The molecule has 0 radical (unpaired) electrons. The van der Waals surface area contributed by atoms with E-state index in [1.807, 2.05) is 13.8 Å². The highest BCUT2D eigenvalue weighted by Crippen LogP contribution is 2.07. The number of carbonyl (C=O) groups excluding carboxylic acids is 1. The van der Waals surface area contributed by atoms with Gasteiger partial charge in [0, 0.05) is 51.7 Å². The van der Waals surface area contributed by atoms with Crippen molar-refractivity contribution in [1.29, 1.82) is 0 Å². The number of carbonyl (C=O) groups is 1. The summed E-state index contributed by atoms with van der Waals surface area (Å²) in [6.45, 7) is 11.0. The first-order chi connectivity index (χ1) is 10.1. The molecular formula is C17H27N3O. The molecule has 1 heterocycles. The fourth-order valence-corrected chi connectivity index (χ4v) is 2.55. The molecule has 116 valence electrons. The summed E-state index contributed by atoms with van der Waals surface area (Å²) in [7, 11) is 0. The quantitative estimate of drug-likeness (QED) is 0.863. The van der Waals surface area contributed by atoms with E-state index >= 15 is 0 Å². The van der Waals surface area contributed by atoms with E-state index in [0.29, 0.717) is 0 Å². The van der Waals surface area contributed by atoms with E-state index in [-0.39, 0.29) is 11.8 Å². The molecule has 2 rings (SSSR count). The summed E-state index contributed by atoms with van der Waals surface area (Å²) in [5, 5.41) is 2.99. The Morgan fingerprint density at radius 2 is 1.71 bits per heavy atom. The molecule has 1 aliphatic heterocycles. The van der Waals surface area contributed by atoms with Crippen LogP contribution in [0.1, 0.15) is 19.4 Å². The van der Waals surface area contributed by atoms with E-state index in [2.05, 4.69) is 45.4 Å². The summed E-state index contributed by atoms with van der Waals surface area (Å²) in [4.78, 5) is 16.4. The molecule has 0 bridgehead atoms. The Morgan fingerprint density at radius 3 is 2.33 bits per heavy atom. The topological polar surface area (TPSA) is 35.6 Å². The van der Waals surface area contributed by atoms with Crippen molar-refractivity contribution in [1.82, 2.24) is 15.1 Å². The van der Waals surface area contributed by atoms with Gasteiger partial charge in [-0.25, -0.2) is 0 Å². The first-order valence-electron chi connectivity index (χ1n) is 7.91. The van der Waals surface area contributed by atoms with Crippen LogP contribution in [-0.2, 0) is 11.3 Å². The van der Waals surface area contributed by atoms with Crippen molar-refractivity contribution in [3.8, 4) is 0 Å². The summed E-state index contributed by atoms with van der Waals surface area (Å²) in [5.74, 6) is 0.227. The fourth-order valence-electron chi connectivity index (χ4n) is 2.55. The van der Waals surface area contributed by atoms with Crippen LogP contribution in [0.15, 0.2) is 30.3 Å². The Kier molecular flexibility index (Phi) is 6.21. The van der Waals surface area contributed by atoms with Crippen molar-refractivity contribution in [2.24, 2.45) is 5.92 Å². The van der Waals surface area contributed by atoms with E-state index in [1.165, 1.54) is 5.56 Å². The standard InChI is InChI=1S/C17H27N3O/c1-15(2)17(21)18-8-9-19-10-12-20(13-11-19)14-16-6-4-3-5-7-16/h3-7,15H,8-14H2,1-2H3,(H,18,21). The third-order valence-electron chi connectivity index (χ3n) is 3.97. The number of rotatable bonds is 6. The van der Waals surface area contributed by atoms with Gasteiger partial charge in [0.25, 0.3) is 0 Å². The maximum atomic E-state index is 11.5. The van der Waals surface area contributed by atoms with Gasteiger partial charge in [-0.1, -0.05) is 44.2 Å². The molecule has 0 saturated carbocycles. The van der Waals surface area contributed by atoms with Crippen LogP contribution in [0.25, 0.3) is 0 Å². The number of amides is 1. The average Bonchev–Trinajstić information content (AvgIpc) is 2.50. The Morgan fingerprint density at radius 1 is 1.10 bits per heavy atom. The zero-order chi connectivity index (χ0) is 15.1. The van der Waals surface area contributed by atoms with Gasteiger partial charge in [-0.3, -0.25) is 14.6 Å². The van der Waals surface area contributed by atoms with Gasteiger partial charge in [-0.05, 0) is 5.56 Å². The zero-order valence-corrected chi connectivity index (χ0v) is 13.2. The molecule has 1 fully saturated rings. The Bertz CT molecular complexity index is 425. The lowest BCUT2D eigenvalue weighted by Crippen LogP contribution is -2.48. The molecule has 0 aromatic heterocycles. The molecule has 1 aromatic rings. The molecule has 1 amide bonds. The van der Waals surface area contributed by atoms with Gasteiger partial charge in [0.2, 0.25) is 5.91 Å². The van der Waals surface area contributed by atoms with E-state index in [4.69, 9.17) is 0 Å². The van der Waals surface area contributed by atoms with Gasteiger partial charge in [-0.2, -0.15) is 0 Å². The molecule has 4 heteroatoms. The van der Waals surface area contributed by atoms with Gasteiger partial charge >= 0.3 is 0 Å². The summed E-state index contributed by atoms with van der Waals surface area (Å²) in [6, 6.07) is 10.6. The minimum absolute atomic E-state index is 0.0766. The lowest BCUT2D eigenvalue weighted by molar-refractivity contribution is -0.124. The predicted octanol–water partition coefficient (Wildman–Crippen LogP) is 1.58. The molecule has 21 heavy (non-hydrogen) atoms. The van der Waals surface area contributed by atoms with Crippen molar-refractivity contribution >= 4 is 5.91 Å². The van der Waals surface area contributed by atoms with E-state index < -0.39 is 0 Å². The van der Waals surface area contributed by atoms with Crippen molar-refractivity contribution in [2.75, 3.05) is 39.3 Å². The van der Waals surface area contributed by atoms with Crippen LogP contribution in [0.4, 0.5) is 0 Å². The Labute approximate surface area is 128 Å². The zero-order valence-electron chi connectivity index (χ0n) is 13.2. The summed E-state index contributed by atoms with van der Waals surface area (Å²) >= 11 is 0. The summed E-state index contributed by atoms with van der Waals surface area (Å²) in [6.07, 6.45) is 0. The van der Waals surface area contributed by atoms with Crippen molar-refractivity contribution in [3.63, 3.8) is 0 Å². The molecule has 0 atom stereocenters. The van der Waals surface area contributed by atoms with E-state index in [0.717, 1.165) is 45.8 Å². The monoisotopic (exact) mass is 289 g/mol. The van der Waals surface area contributed by atoms with Crippen LogP contribution in [0.2, 0.25) is 0 Å². The van der Waals surface area contributed by atoms with Crippen LogP contribution >= 0.6 is 0 Å². The first-order valence-corrected chi connectivity index (χ1v) is 7.91. The Balaban J connectivity index is 1.63. The van der Waals surface area contributed by atoms with Crippen LogP contribution < -0.4 is 5.32 Å². The fraction of sp³-hybridized carbons (Fsp3) is 0.588. The first kappa shape index (κ1) is 16.0. The molecule has 0 unspecified atom stereocenters. The number of hydrogen-bond acceptors (Lipinski definition) is 3. The Hall–Kier alpha value is -1.39. The molecule has 1 aromatic carbocycles. The summed E-state index contributed by atoms with van der Waals surface area (Å²) in [5.41, 5.74) is 1.38. The number of benzene rings is 1. The van der Waals surface area contributed by atoms with Gasteiger partial charge in [0.05, 0.1) is 0 Å². The second kappa shape index (κ2) is 8.15. The minimum Gasteiger partial charge on any atom is -0.355 e. The highest BCUT2D eigenvalue weighted by Gasteiger charge is 2.16. The van der Waals surface area contributed by atoms with Crippen molar-refractivity contribution in [3.05, 3.63) is 35.9 Å². The van der Waals surface area contributed by atoms with Crippen LogP contribution in [0, 0.1) is 5.92 Å². The van der Waals surface area contributed by atoms with Crippen molar-refractivity contribution < 1.29 is 4.79 Å². The maximum absolute atomic E-state index is 11.5. The molecule has 0 spiro atoms. The number of nitrogens with zero attached hydrogens (tertiary/aromatic N) is 2. The van der Waals surface area contributed by atoms with Gasteiger partial charge in [-0.15, -0.1) is 0 Å². The minimum atomic E-state index is 0.0766. The van der Waals surface area contributed by atoms with Gasteiger partial charge < -0.3 is 5.32 Å². The largest absolute Gasteiger partial charge is 0.355 e. The van der Waals surface area contributed by atoms with Gasteiger partial charge in [0.15, 0.2) is 0 Å².